The smallest absolute Gasteiger partial charge is 0.0524 e. The first kappa shape index (κ1) is 15.6. The molecule has 114 valence electrons. The third kappa shape index (κ3) is 4.08. The van der Waals surface area contributed by atoms with Gasteiger partial charge in [0.1, 0.15) is 0 Å². The maximum atomic E-state index is 4.38. The second-order valence-corrected chi connectivity index (χ2v) is 6.95. The first-order valence-corrected chi connectivity index (χ1v) is 8.29. The van der Waals surface area contributed by atoms with Crippen LogP contribution in [0.5, 0.6) is 0 Å². The number of aromatic nitrogens is 2. The van der Waals surface area contributed by atoms with E-state index in [4.69, 9.17) is 0 Å². The first-order chi connectivity index (χ1) is 9.60. The van der Waals surface area contributed by atoms with E-state index in [-0.39, 0.29) is 0 Å². The molecule has 0 aliphatic heterocycles. The van der Waals surface area contributed by atoms with Crippen molar-refractivity contribution in [2.24, 2.45) is 24.8 Å². The molecule has 1 aliphatic rings. The number of rotatable bonds is 6. The zero-order chi connectivity index (χ0) is 14.5. The van der Waals surface area contributed by atoms with Crippen LogP contribution in [0.25, 0.3) is 0 Å². The van der Waals surface area contributed by atoms with E-state index in [0.717, 1.165) is 30.8 Å². The number of hydrogen-bond acceptors (Lipinski definition) is 2. The molecular weight excluding hydrogens is 246 g/mol. The molecule has 1 saturated carbocycles. The molecule has 1 N–H and O–H groups in total. The molecule has 1 aliphatic carbocycles. The predicted molar refractivity (Wildman–Crippen MR) is 84.8 cm³/mol. The van der Waals surface area contributed by atoms with Gasteiger partial charge in [0.05, 0.1) is 6.20 Å². The van der Waals surface area contributed by atoms with Crippen LogP contribution in [0.15, 0.2) is 12.4 Å². The van der Waals surface area contributed by atoms with Crippen LogP contribution in [0.3, 0.4) is 0 Å². The van der Waals surface area contributed by atoms with Crippen molar-refractivity contribution in [1.82, 2.24) is 15.1 Å². The highest BCUT2D eigenvalue weighted by Gasteiger charge is 2.31. The number of aryl methyl sites for hydroxylation is 1. The molecule has 3 atom stereocenters. The molecule has 1 fully saturated rings. The Balaban J connectivity index is 2.00. The van der Waals surface area contributed by atoms with Crippen molar-refractivity contribution in [3.05, 3.63) is 18.0 Å². The number of nitrogens with one attached hydrogen (secondary N) is 1. The molecule has 1 heterocycles. The van der Waals surface area contributed by atoms with Crippen LogP contribution in [0.1, 0.15) is 57.9 Å². The molecule has 0 aromatic carbocycles. The molecule has 3 nitrogen and oxygen atoms in total. The normalized spacial score (nSPS) is 27.1. The lowest BCUT2D eigenvalue weighted by molar-refractivity contribution is 0.224. The molecule has 0 saturated heterocycles. The minimum absolute atomic E-state index is 0.696. The fourth-order valence-electron chi connectivity index (χ4n) is 3.53. The van der Waals surface area contributed by atoms with Crippen LogP contribution in [-0.4, -0.2) is 22.9 Å². The van der Waals surface area contributed by atoms with Gasteiger partial charge in [0, 0.05) is 13.2 Å². The average Bonchev–Trinajstić information content (AvgIpc) is 2.85. The van der Waals surface area contributed by atoms with Gasteiger partial charge in [-0.1, -0.05) is 33.6 Å². The molecule has 3 unspecified atom stereocenters. The Morgan fingerprint density at radius 3 is 2.80 bits per heavy atom. The number of hydrogen-bond donors (Lipinski definition) is 1. The summed E-state index contributed by atoms with van der Waals surface area (Å²) in [5, 5.41) is 8.05. The highest BCUT2D eigenvalue weighted by atomic mass is 15.2. The Morgan fingerprint density at radius 1 is 1.40 bits per heavy atom. The van der Waals surface area contributed by atoms with Crippen LogP contribution >= 0.6 is 0 Å². The third-order valence-electron chi connectivity index (χ3n) is 4.79. The van der Waals surface area contributed by atoms with Gasteiger partial charge in [0.15, 0.2) is 0 Å². The second-order valence-electron chi connectivity index (χ2n) is 6.95. The first-order valence-electron chi connectivity index (χ1n) is 8.29. The predicted octanol–water partition coefficient (Wildman–Crippen LogP) is 3.58. The zero-order valence-electron chi connectivity index (χ0n) is 13.6. The number of nitrogens with zero attached hydrogens (tertiary/aromatic N) is 2. The molecule has 3 heteroatoms. The van der Waals surface area contributed by atoms with Crippen molar-refractivity contribution in [2.75, 3.05) is 13.1 Å². The van der Waals surface area contributed by atoms with Crippen LogP contribution in [-0.2, 0) is 7.05 Å². The van der Waals surface area contributed by atoms with Gasteiger partial charge < -0.3 is 5.32 Å². The highest BCUT2D eigenvalue weighted by molar-refractivity contribution is 5.14. The largest absolute Gasteiger partial charge is 0.316 e. The summed E-state index contributed by atoms with van der Waals surface area (Å²) < 4.78 is 1.95. The van der Waals surface area contributed by atoms with E-state index < -0.39 is 0 Å². The standard InChI is InChI=1S/C17H31N3/c1-5-14-6-7-15(10-18-9-13(2)3)17(8-14)16-11-19-20(4)12-16/h11-15,17-18H,5-10H2,1-4H3. The van der Waals surface area contributed by atoms with Crippen molar-refractivity contribution >= 4 is 0 Å². The molecule has 1 aromatic rings. The van der Waals surface area contributed by atoms with E-state index in [1.54, 1.807) is 0 Å². The van der Waals surface area contributed by atoms with E-state index in [0.29, 0.717) is 5.92 Å². The summed E-state index contributed by atoms with van der Waals surface area (Å²) in [5.41, 5.74) is 1.45. The Hall–Kier alpha value is -0.830. The fraction of sp³-hybridized carbons (Fsp3) is 0.824. The Morgan fingerprint density at radius 2 is 2.20 bits per heavy atom. The van der Waals surface area contributed by atoms with E-state index >= 15 is 0 Å². The molecule has 0 radical (unpaired) electrons. The van der Waals surface area contributed by atoms with E-state index in [9.17, 15) is 0 Å². The monoisotopic (exact) mass is 277 g/mol. The highest BCUT2D eigenvalue weighted by Crippen LogP contribution is 2.41. The summed E-state index contributed by atoms with van der Waals surface area (Å²) in [5.74, 6) is 3.11. The van der Waals surface area contributed by atoms with Crippen molar-refractivity contribution < 1.29 is 0 Å². The van der Waals surface area contributed by atoms with Crippen molar-refractivity contribution in [3.63, 3.8) is 0 Å². The Kier molecular flexibility index (Phi) is 5.64. The lowest BCUT2D eigenvalue weighted by Crippen LogP contribution is -2.33. The maximum absolute atomic E-state index is 4.38. The third-order valence-corrected chi connectivity index (χ3v) is 4.79. The average molecular weight is 277 g/mol. The molecule has 2 rings (SSSR count). The molecular formula is C17H31N3. The van der Waals surface area contributed by atoms with Gasteiger partial charge in [0.25, 0.3) is 0 Å². The lowest BCUT2D eigenvalue weighted by atomic mass is 9.71. The Bertz CT molecular complexity index is 397. The van der Waals surface area contributed by atoms with Gasteiger partial charge in [-0.05, 0) is 55.2 Å². The summed E-state index contributed by atoms with van der Waals surface area (Å²) in [6, 6.07) is 0. The summed E-state index contributed by atoms with van der Waals surface area (Å²) in [6.07, 6.45) is 9.74. The molecule has 0 amide bonds. The summed E-state index contributed by atoms with van der Waals surface area (Å²) >= 11 is 0. The zero-order valence-corrected chi connectivity index (χ0v) is 13.6. The van der Waals surface area contributed by atoms with E-state index in [1.807, 2.05) is 11.7 Å². The van der Waals surface area contributed by atoms with Crippen LogP contribution in [0, 0.1) is 17.8 Å². The van der Waals surface area contributed by atoms with Gasteiger partial charge >= 0.3 is 0 Å². The van der Waals surface area contributed by atoms with Gasteiger partial charge in [-0.15, -0.1) is 0 Å². The molecule has 1 aromatic heterocycles. The van der Waals surface area contributed by atoms with E-state index in [1.165, 1.54) is 31.2 Å². The van der Waals surface area contributed by atoms with Crippen molar-refractivity contribution in [1.29, 1.82) is 0 Å². The Labute approximate surface area is 124 Å². The van der Waals surface area contributed by atoms with Gasteiger partial charge in [-0.25, -0.2) is 0 Å². The van der Waals surface area contributed by atoms with Crippen molar-refractivity contribution in [2.45, 2.75) is 52.4 Å². The van der Waals surface area contributed by atoms with Crippen molar-refractivity contribution in [3.8, 4) is 0 Å². The SMILES string of the molecule is CCC1CCC(CNCC(C)C)C(c2cnn(C)c2)C1. The van der Waals surface area contributed by atoms with Crippen LogP contribution in [0.2, 0.25) is 0 Å². The topological polar surface area (TPSA) is 29.9 Å². The van der Waals surface area contributed by atoms with Gasteiger partial charge in [-0.3, -0.25) is 4.68 Å². The van der Waals surface area contributed by atoms with Gasteiger partial charge in [-0.2, -0.15) is 5.10 Å². The lowest BCUT2D eigenvalue weighted by Gasteiger charge is -2.36. The summed E-state index contributed by atoms with van der Waals surface area (Å²) in [6.45, 7) is 9.18. The summed E-state index contributed by atoms with van der Waals surface area (Å²) in [4.78, 5) is 0. The van der Waals surface area contributed by atoms with Crippen LogP contribution in [0.4, 0.5) is 0 Å². The molecule has 0 bridgehead atoms. The minimum Gasteiger partial charge on any atom is -0.316 e. The van der Waals surface area contributed by atoms with Crippen LogP contribution < -0.4 is 5.32 Å². The van der Waals surface area contributed by atoms with Gasteiger partial charge in [0.2, 0.25) is 0 Å². The molecule has 20 heavy (non-hydrogen) atoms. The maximum Gasteiger partial charge on any atom is 0.0524 e. The second kappa shape index (κ2) is 7.26. The van der Waals surface area contributed by atoms with E-state index in [2.05, 4.69) is 43.6 Å². The molecule has 0 spiro atoms. The quantitative estimate of drug-likeness (QED) is 0.861. The fourth-order valence-corrected chi connectivity index (χ4v) is 3.53. The minimum atomic E-state index is 0.696. The summed E-state index contributed by atoms with van der Waals surface area (Å²) in [7, 11) is 2.02.